The molecule has 1 aliphatic carbocycles. The number of carboxylic acids is 1. The van der Waals surface area contributed by atoms with Crippen molar-refractivity contribution in [3.63, 3.8) is 0 Å². The molecule has 0 saturated heterocycles. The third-order valence-electron chi connectivity index (χ3n) is 4.64. The zero-order valence-corrected chi connectivity index (χ0v) is 13.5. The quantitative estimate of drug-likeness (QED) is 0.906. The fourth-order valence-electron chi connectivity index (χ4n) is 3.28. The maximum absolute atomic E-state index is 12.6. The largest absolute Gasteiger partial charge is 0.481 e. The van der Waals surface area contributed by atoms with Crippen molar-refractivity contribution in [1.82, 2.24) is 10.3 Å². The van der Waals surface area contributed by atoms with Gasteiger partial charge in [0, 0.05) is 23.4 Å². The molecule has 2 aromatic rings. The number of nitrogens with one attached hydrogen (secondary N) is 1. The van der Waals surface area contributed by atoms with E-state index in [1.807, 2.05) is 37.3 Å². The van der Waals surface area contributed by atoms with E-state index in [0.717, 1.165) is 16.8 Å². The molecule has 24 heavy (non-hydrogen) atoms. The van der Waals surface area contributed by atoms with Crippen molar-refractivity contribution >= 4 is 11.9 Å². The van der Waals surface area contributed by atoms with Gasteiger partial charge in [-0.15, -0.1) is 0 Å². The Morgan fingerprint density at radius 2 is 2.00 bits per heavy atom. The lowest BCUT2D eigenvalue weighted by molar-refractivity contribution is -0.141. The molecule has 0 unspecified atom stereocenters. The summed E-state index contributed by atoms with van der Waals surface area (Å²) in [4.78, 5) is 28.0. The van der Waals surface area contributed by atoms with Crippen LogP contribution in [0.5, 0.6) is 0 Å². The molecule has 1 saturated carbocycles. The Hall–Kier alpha value is -2.69. The second kappa shape index (κ2) is 6.83. The first-order valence-corrected chi connectivity index (χ1v) is 8.11. The number of hydrogen-bond acceptors (Lipinski definition) is 3. The molecule has 124 valence electrons. The minimum atomic E-state index is -0.778. The summed E-state index contributed by atoms with van der Waals surface area (Å²) in [5.74, 6) is -1.28. The Labute approximate surface area is 140 Å². The highest BCUT2D eigenvalue weighted by atomic mass is 16.4. The number of hydrogen-bond donors (Lipinski definition) is 2. The van der Waals surface area contributed by atoms with E-state index in [1.54, 1.807) is 12.3 Å². The molecule has 5 nitrogen and oxygen atoms in total. The first-order chi connectivity index (χ1) is 11.6. The van der Waals surface area contributed by atoms with Crippen LogP contribution in [0.2, 0.25) is 0 Å². The molecule has 0 radical (unpaired) electrons. The second-order valence-electron chi connectivity index (χ2n) is 6.21. The summed E-state index contributed by atoms with van der Waals surface area (Å²) in [6.45, 7) is 1.91. The van der Waals surface area contributed by atoms with Gasteiger partial charge in [-0.25, -0.2) is 0 Å². The van der Waals surface area contributed by atoms with E-state index >= 15 is 0 Å². The van der Waals surface area contributed by atoms with E-state index in [-0.39, 0.29) is 17.9 Å². The molecule has 1 fully saturated rings. The van der Waals surface area contributed by atoms with E-state index in [2.05, 4.69) is 10.3 Å². The smallest absolute Gasteiger partial charge is 0.306 e. The minimum absolute atomic E-state index is 0.0727. The van der Waals surface area contributed by atoms with E-state index in [4.69, 9.17) is 5.11 Å². The Morgan fingerprint density at radius 1 is 1.17 bits per heavy atom. The number of carboxylic acid groups (broad SMARTS) is 1. The monoisotopic (exact) mass is 324 g/mol. The van der Waals surface area contributed by atoms with Crippen LogP contribution < -0.4 is 5.32 Å². The van der Waals surface area contributed by atoms with Crippen LogP contribution >= 0.6 is 0 Å². The zero-order chi connectivity index (χ0) is 17.1. The summed E-state index contributed by atoms with van der Waals surface area (Å²) < 4.78 is 0. The van der Waals surface area contributed by atoms with Crippen molar-refractivity contribution in [2.45, 2.75) is 32.2 Å². The lowest BCUT2D eigenvalue weighted by atomic mass is 9.99. The number of nitrogens with zero attached hydrogens (tertiary/aromatic N) is 1. The summed E-state index contributed by atoms with van der Waals surface area (Å²) in [5.41, 5.74) is 3.24. The maximum Gasteiger partial charge on any atom is 0.306 e. The molecular formula is C19H20N2O3. The van der Waals surface area contributed by atoms with Crippen LogP contribution in [0.1, 0.15) is 35.2 Å². The molecule has 1 aromatic heterocycles. The van der Waals surface area contributed by atoms with Crippen LogP contribution in [0, 0.1) is 12.8 Å². The number of pyridine rings is 1. The highest BCUT2D eigenvalue weighted by Crippen LogP contribution is 2.27. The Bertz CT molecular complexity index is 758. The normalized spacial score (nSPS) is 19.9. The number of rotatable bonds is 4. The van der Waals surface area contributed by atoms with Crippen molar-refractivity contribution in [3.8, 4) is 11.3 Å². The molecule has 1 aliphatic rings. The molecule has 0 spiro atoms. The highest BCUT2D eigenvalue weighted by molar-refractivity contribution is 5.97. The Morgan fingerprint density at radius 3 is 2.67 bits per heavy atom. The molecule has 3 rings (SSSR count). The van der Waals surface area contributed by atoms with Gasteiger partial charge >= 0.3 is 5.97 Å². The topological polar surface area (TPSA) is 79.3 Å². The third kappa shape index (κ3) is 3.30. The number of aliphatic carboxylic acids is 1. The van der Waals surface area contributed by atoms with Gasteiger partial charge in [0.1, 0.15) is 0 Å². The summed E-state index contributed by atoms with van der Waals surface area (Å²) in [5, 5.41) is 12.0. The average molecular weight is 324 g/mol. The Balaban J connectivity index is 1.78. The predicted octanol–water partition coefficient (Wildman–Crippen LogP) is 3.04. The van der Waals surface area contributed by atoms with Crippen molar-refractivity contribution in [2.24, 2.45) is 5.92 Å². The molecule has 5 heteroatoms. The number of amides is 1. The third-order valence-corrected chi connectivity index (χ3v) is 4.64. The zero-order valence-electron chi connectivity index (χ0n) is 13.5. The van der Waals surface area contributed by atoms with Crippen LogP contribution in [0.25, 0.3) is 11.3 Å². The first-order valence-electron chi connectivity index (χ1n) is 8.11. The number of carbonyl (C=O) groups excluding carboxylic acids is 1. The van der Waals surface area contributed by atoms with Crippen LogP contribution in [-0.4, -0.2) is 28.0 Å². The Kier molecular flexibility index (Phi) is 4.60. The van der Waals surface area contributed by atoms with Gasteiger partial charge < -0.3 is 10.4 Å². The fraction of sp³-hybridized carbons (Fsp3) is 0.316. The number of carbonyl (C=O) groups is 2. The lowest BCUT2D eigenvalue weighted by Gasteiger charge is -2.15. The molecule has 1 aromatic carbocycles. The highest BCUT2D eigenvalue weighted by Gasteiger charge is 2.30. The van der Waals surface area contributed by atoms with Gasteiger partial charge in [0.2, 0.25) is 0 Å². The SMILES string of the molecule is Cc1c(C(=O)N[C@H]2CC[C@@H](C(=O)O)C2)cccc1-c1ccccn1. The van der Waals surface area contributed by atoms with Gasteiger partial charge in [-0.2, -0.15) is 0 Å². The standard InChI is InChI=1S/C19H20N2O3/c1-12-15(17-7-2-3-10-20-17)5-4-6-16(12)18(22)21-14-9-8-13(11-14)19(23)24/h2-7,10,13-14H,8-9,11H2,1H3,(H,21,22)(H,23,24)/t13-,14+/m1/s1. The van der Waals surface area contributed by atoms with E-state index in [1.165, 1.54) is 0 Å². The van der Waals surface area contributed by atoms with E-state index < -0.39 is 5.97 Å². The van der Waals surface area contributed by atoms with Crippen molar-refractivity contribution in [1.29, 1.82) is 0 Å². The summed E-state index contributed by atoms with van der Waals surface area (Å²) in [6, 6.07) is 11.2. The van der Waals surface area contributed by atoms with E-state index in [0.29, 0.717) is 24.8 Å². The van der Waals surface area contributed by atoms with Crippen LogP contribution in [-0.2, 0) is 4.79 Å². The number of benzene rings is 1. The van der Waals surface area contributed by atoms with Crippen LogP contribution in [0.3, 0.4) is 0 Å². The van der Waals surface area contributed by atoms with Crippen LogP contribution in [0.15, 0.2) is 42.6 Å². The van der Waals surface area contributed by atoms with Gasteiger partial charge in [0.05, 0.1) is 11.6 Å². The lowest BCUT2D eigenvalue weighted by Crippen LogP contribution is -2.33. The fourth-order valence-corrected chi connectivity index (χ4v) is 3.28. The van der Waals surface area contributed by atoms with Crippen molar-refractivity contribution < 1.29 is 14.7 Å². The van der Waals surface area contributed by atoms with E-state index in [9.17, 15) is 9.59 Å². The molecule has 2 N–H and O–H groups in total. The molecular weight excluding hydrogens is 304 g/mol. The molecule has 2 atom stereocenters. The van der Waals surface area contributed by atoms with Gasteiger partial charge in [-0.3, -0.25) is 14.6 Å². The molecule has 0 aliphatic heterocycles. The average Bonchev–Trinajstić information content (AvgIpc) is 3.04. The van der Waals surface area contributed by atoms with Gasteiger partial charge in [-0.05, 0) is 49.9 Å². The van der Waals surface area contributed by atoms with Crippen LogP contribution in [0.4, 0.5) is 0 Å². The van der Waals surface area contributed by atoms with Crippen molar-refractivity contribution in [3.05, 3.63) is 53.7 Å². The molecule has 0 bridgehead atoms. The maximum atomic E-state index is 12.6. The first kappa shape index (κ1) is 16.2. The van der Waals surface area contributed by atoms with Gasteiger partial charge in [-0.1, -0.05) is 18.2 Å². The van der Waals surface area contributed by atoms with Crippen molar-refractivity contribution in [2.75, 3.05) is 0 Å². The van der Waals surface area contributed by atoms with Gasteiger partial charge in [0.25, 0.3) is 5.91 Å². The second-order valence-corrected chi connectivity index (χ2v) is 6.21. The minimum Gasteiger partial charge on any atom is -0.481 e. The molecule has 1 amide bonds. The van der Waals surface area contributed by atoms with Gasteiger partial charge in [0.15, 0.2) is 0 Å². The molecule has 1 heterocycles. The summed E-state index contributed by atoms with van der Waals surface area (Å²) >= 11 is 0. The summed E-state index contributed by atoms with van der Waals surface area (Å²) in [6.07, 6.45) is 3.56. The predicted molar refractivity (Wildman–Crippen MR) is 90.6 cm³/mol. The summed E-state index contributed by atoms with van der Waals surface area (Å²) in [7, 11) is 0. The number of aromatic nitrogens is 1.